The minimum Gasteiger partial charge on any atom is -0.241 e. The third kappa shape index (κ3) is 2.83. The fourth-order valence-corrected chi connectivity index (χ4v) is 1.16. The summed E-state index contributed by atoms with van der Waals surface area (Å²) in [4.78, 5) is 0. The Morgan fingerprint density at radius 2 is 1.44 bits per heavy atom. The maximum atomic E-state index is 13.0. The van der Waals surface area contributed by atoms with Crippen LogP contribution in [-0.4, -0.2) is 23.7 Å². The molecule has 0 radical (unpaired) electrons. The molecule has 0 aliphatic heterocycles. The van der Waals surface area contributed by atoms with Crippen LogP contribution < -0.4 is 0 Å². The molecule has 0 aromatic heterocycles. The van der Waals surface area contributed by atoms with Gasteiger partial charge in [0.2, 0.25) is 0 Å². The van der Waals surface area contributed by atoms with Crippen molar-refractivity contribution < 1.29 is 26.3 Å². The first kappa shape index (κ1) is 15.6. The fraction of sp³-hybridized carbons (Fsp3) is 1.00. The first-order valence-electron chi connectivity index (χ1n) is 5.07. The average molecular weight is 250 g/mol. The Morgan fingerprint density at radius 3 is 1.75 bits per heavy atom. The molecule has 0 amide bonds. The number of alkyl halides is 6. The molecule has 0 heterocycles. The van der Waals surface area contributed by atoms with Gasteiger partial charge in [-0.2, -0.15) is 17.6 Å². The van der Waals surface area contributed by atoms with Gasteiger partial charge in [-0.25, -0.2) is 8.78 Å². The van der Waals surface area contributed by atoms with Crippen LogP contribution in [0, 0.1) is 0 Å². The summed E-state index contributed by atoms with van der Waals surface area (Å²) in [5, 5.41) is 0. The predicted octanol–water partition coefficient (Wildman–Crippen LogP) is 4.53. The van der Waals surface area contributed by atoms with E-state index in [4.69, 9.17) is 0 Å². The molecule has 98 valence electrons. The van der Waals surface area contributed by atoms with E-state index in [1.54, 1.807) is 6.92 Å². The standard InChI is InChI=1S/C10H16F6/c1-4-5-6-7(11)9(13,14)10(15,16)8(2,3)12/h7H,4-6H2,1-3H3. The largest absolute Gasteiger partial charge is 0.345 e. The lowest BCUT2D eigenvalue weighted by Gasteiger charge is -2.35. The van der Waals surface area contributed by atoms with Crippen molar-refractivity contribution in [1.82, 2.24) is 0 Å². The quantitative estimate of drug-likeness (QED) is 0.607. The summed E-state index contributed by atoms with van der Waals surface area (Å²) in [5.74, 6) is -10.0. The summed E-state index contributed by atoms with van der Waals surface area (Å²) in [6.45, 7) is 2.24. The monoisotopic (exact) mass is 250 g/mol. The van der Waals surface area contributed by atoms with E-state index in [9.17, 15) is 26.3 Å². The summed E-state index contributed by atoms with van der Waals surface area (Å²) < 4.78 is 78.1. The zero-order valence-electron chi connectivity index (χ0n) is 9.47. The van der Waals surface area contributed by atoms with Crippen LogP contribution in [0.25, 0.3) is 0 Å². The van der Waals surface area contributed by atoms with Gasteiger partial charge in [0.1, 0.15) is 0 Å². The maximum absolute atomic E-state index is 13.0. The second-order valence-electron chi connectivity index (χ2n) is 4.28. The Bertz CT molecular complexity index is 218. The van der Waals surface area contributed by atoms with Crippen LogP contribution in [0.15, 0.2) is 0 Å². The van der Waals surface area contributed by atoms with Gasteiger partial charge in [-0.05, 0) is 20.3 Å². The summed E-state index contributed by atoms with van der Waals surface area (Å²) in [6.07, 6.45) is -3.27. The van der Waals surface area contributed by atoms with Gasteiger partial charge in [0.15, 0.2) is 11.8 Å². The molecular formula is C10H16F6. The minimum absolute atomic E-state index is 0.0551. The van der Waals surface area contributed by atoms with Crippen molar-refractivity contribution in [3.05, 3.63) is 0 Å². The molecular weight excluding hydrogens is 234 g/mol. The van der Waals surface area contributed by atoms with Gasteiger partial charge in [-0.15, -0.1) is 0 Å². The molecule has 16 heavy (non-hydrogen) atoms. The first-order valence-corrected chi connectivity index (χ1v) is 5.07. The lowest BCUT2D eigenvalue weighted by Crippen LogP contribution is -2.57. The Morgan fingerprint density at radius 1 is 1.00 bits per heavy atom. The van der Waals surface area contributed by atoms with Gasteiger partial charge in [0.05, 0.1) is 0 Å². The lowest BCUT2D eigenvalue weighted by molar-refractivity contribution is -0.285. The van der Waals surface area contributed by atoms with Crippen molar-refractivity contribution >= 4 is 0 Å². The van der Waals surface area contributed by atoms with Crippen LogP contribution in [0.1, 0.15) is 40.0 Å². The predicted molar refractivity (Wildman–Crippen MR) is 49.5 cm³/mol. The first-order chi connectivity index (χ1) is 6.98. The average Bonchev–Trinajstić information content (AvgIpc) is 2.11. The van der Waals surface area contributed by atoms with Crippen LogP contribution >= 0.6 is 0 Å². The van der Waals surface area contributed by atoms with Gasteiger partial charge < -0.3 is 0 Å². The molecule has 0 aliphatic rings. The molecule has 0 saturated heterocycles. The number of halogens is 6. The van der Waals surface area contributed by atoms with E-state index in [2.05, 4.69) is 0 Å². The van der Waals surface area contributed by atoms with Crippen LogP contribution in [-0.2, 0) is 0 Å². The molecule has 0 bridgehead atoms. The van der Waals surface area contributed by atoms with E-state index in [-0.39, 0.29) is 6.42 Å². The highest BCUT2D eigenvalue weighted by Gasteiger charge is 2.69. The van der Waals surface area contributed by atoms with Crippen molar-refractivity contribution in [2.24, 2.45) is 0 Å². The van der Waals surface area contributed by atoms with Gasteiger partial charge in [-0.1, -0.05) is 19.8 Å². The molecule has 0 nitrogen and oxygen atoms in total. The highest BCUT2D eigenvalue weighted by Crippen LogP contribution is 2.47. The normalized spacial score (nSPS) is 16.3. The Hall–Kier alpha value is -0.420. The zero-order valence-corrected chi connectivity index (χ0v) is 9.47. The highest BCUT2D eigenvalue weighted by molar-refractivity contribution is 5.00. The third-order valence-electron chi connectivity index (χ3n) is 2.37. The van der Waals surface area contributed by atoms with Crippen LogP contribution in [0.3, 0.4) is 0 Å². The summed E-state index contributed by atoms with van der Waals surface area (Å²) in [7, 11) is 0. The lowest BCUT2D eigenvalue weighted by atomic mass is 9.91. The highest BCUT2D eigenvalue weighted by atomic mass is 19.3. The van der Waals surface area contributed by atoms with Crippen molar-refractivity contribution in [2.45, 2.75) is 63.7 Å². The fourth-order valence-electron chi connectivity index (χ4n) is 1.16. The van der Waals surface area contributed by atoms with Crippen LogP contribution in [0.5, 0.6) is 0 Å². The van der Waals surface area contributed by atoms with Crippen molar-refractivity contribution in [3.8, 4) is 0 Å². The molecule has 6 heteroatoms. The maximum Gasteiger partial charge on any atom is 0.345 e. The van der Waals surface area contributed by atoms with Crippen LogP contribution in [0.4, 0.5) is 26.3 Å². The summed E-state index contributed by atoms with van der Waals surface area (Å²) in [6, 6.07) is 0. The van der Waals surface area contributed by atoms with E-state index < -0.39 is 30.1 Å². The molecule has 0 aromatic carbocycles. The van der Waals surface area contributed by atoms with Gasteiger partial charge in [0.25, 0.3) is 0 Å². The van der Waals surface area contributed by atoms with Crippen molar-refractivity contribution in [1.29, 1.82) is 0 Å². The van der Waals surface area contributed by atoms with E-state index in [0.717, 1.165) is 0 Å². The Kier molecular flexibility index (Phi) is 4.71. The Labute approximate surface area is 91.0 Å². The molecule has 0 rings (SSSR count). The molecule has 0 spiro atoms. The van der Waals surface area contributed by atoms with E-state index in [0.29, 0.717) is 20.3 Å². The van der Waals surface area contributed by atoms with Gasteiger partial charge in [-0.3, -0.25) is 0 Å². The zero-order chi connectivity index (χ0) is 13.2. The molecule has 0 N–H and O–H groups in total. The van der Waals surface area contributed by atoms with Crippen LogP contribution in [0.2, 0.25) is 0 Å². The second-order valence-corrected chi connectivity index (χ2v) is 4.28. The second kappa shape index (κ2) is 4.84. The third-order valence-corrected chi connectivity index (χ3v) is 2.37. The topological polar surface area (TPSA) is 0 Å². The molecule has 0 fully saturated rings. The van der Waals surface area contributed by atoms with E-state index >= 15 is 0 Å². The van der Waals surface area contributed by atoms with Gasteiger partial charge in [0, 0.05) is 0 Å². The van der Waals surface area contributed by atoms with Crippen molar-refractivity contribution in [3.63, 3.8) is 0 Å². The molecule has 0 aromatic rings. The van der Waals surface area contributed by atoms with E-state index in [1.807, 2.05) is 0 Å². The van der Waals surface area contributed by atoms with E-state index in [1.165, 1.54) is 0 Å². The molecule has 1 unspecified atom stereocenters. The minimum atomic E-state index is -5.02. The van der Waals surface area contributed by atoms with Crippen molar-refractivity contribution in [2.75, 3.05) is 0 Å². The van der Waals surface area contributed by atoms with Gasteiger partial charge >= 0.3 is 11.8 Å². The summed E-state index contributed by atoms with van der Waals surface area (Å²) >= 11 is 0. The molecule has 0 saturated carbocycles. The SMILES string of the molecule is CCCCC(F)C(F)(F)C(F)(F)C(C)(C)F. The number of hydrogen-bond donors (Lipinski definition) is 0. The molecule has 0 aliphatic carbocycles. The number of unbranched alkanes of at least 4 members (excludes halogenated alkanes) is 1. The number of rotatable bonds is 6. The molecule has 1 atom stereocenters. The summed E-state index contributed by atoms with van der Waals surface area (Å²) in [5.41, 5.74) is -3.47. The Balaban J connectivity index is 4.89. The number of hydrogen-bond acceptors (Lipinski definition) is 0. The smallest absolute Gasteiger partial charge is 0.241 e.